The van der Waals surface area contributed by atoms with Crippen LogP contribution in [0.5, 0.6) is 0 Å². The first-order valence-electron chi connectivity index (χ1n) is 14.4. The van der Waals surface area contributed by atoms with Crippen LogP contribution in [-0.2, 0) is 23.8 Å². The first-order chi connectivity index (χ1) is 19.9. The summed E-state index contributed by atoms with van der Waals surface area (Å²) in [6.07, 6.45) is -10.1. The lowest BCUT2D eigenvalue weighted by molar-refractivity contribution is -0.408. The van der Waals surface area contributed by atoms with Gasteiger partial charge in [-0.15, -0.1) is 0 Å². The van der Waals surface area contributed by atoms with Crippen molar-refractivity contribution in [1.29, 1.82) is 0 Å². The summed E-state index contributed by atoms with van der Waals surface area (Å²) < 4.78 is 91.1. The monoisotopic (exact) mass is 646 g/mol. The Morgan fingerprint density at radius 2 is 1.39 bits per heavy atom. The molecule has 3 unspecified atom stereocenters. The Hall–Kier alpha value is -2.38. The summed E-state index contributed by atoms with van der Waals surface area (Å²) >= 11 is 0. The molecule has 3 atom stereocenters. The predicted molar refractivity (Wildman–Crippen MR) is 153 cm³/mol. The summed E-state index contributed by atoms with van der Waals surface area (Å²) in [7, 11) is 0. The first kappa shape index (κ1) is 41.6. The van der Waals surface area contributed by atoms with E-state index in [0.717, 1.165) is 20.0 Å². The van der Waals surface area contributed by atoms with Crippen LogP contribution in [0.1, 0.15) is 93.1 Å². The molecule has 0 spiro atoms. The molecule has 0 amide bonds. The molecular formula is C31H48F6O7. The van der Waals surface area contributed by atoms with E-state index in [0.29, 0.717) is 26.4 Å². The molecule has 1 saturated heterocycles. The molecule has 0 aromatic heterocycles. The number of alkyl halides is 6. The molecule has 1 aliphatic rings. The van der Waals surface area contributed by atoms with Gasteiger partial charge in [0.2, 0.25) is 0 Å². The molecule has 1 aromatic rings. The minimum Gasteiger partial charge on any atom is -0.462 e. The van der Waals surface area contributed by atoms with Crippen molar-refractivity contribution in [3.05, 3.63) is 35.9 Å². The number of esters is 2. The average molecular weight is 647 g/mol. The normalized spacial score (nSPS) is 17.5. The minimum atomic E-state index is -6.13. The Morgan fingerprint density at radius 1 is 0.909 bits per heavy atom. The van der Waals surface area contributed by atoms with Crippen LogP contribution in [0.2, 0.25) is 0 Å². The molecule has 0 radical (unpaired) electrons. The van der Waals surface area contributed by atoms with Crippen LogP contribution in [-0.4, -0.2) is 71.6 Å². The highest BCUT2D eigenvalue weighted by molar-refractivity contribution is 5.77. The van der Waals surface area contributed by atoms with Crippen molar-refractivity contribution in [2.75, 3.05) is 19.8 Å². The number of aliphatic hydroxyl groups excluding tert-OH is 1. The van der Waals surface area contributed by atoms with E-state index in [1.807, 2.05) is 20.8 Å². The van der Waals surface area contributed by atoms with Gasteiger partial charge >= 0.3 is 24.3 Å². The van der Waals surface area contributed by atoms with Gasteiger partial charge in [0.05, 0.1) is 24.0 Å². The fourth-order valence-corrected chi connectivity index (χ4v) is 3.28. The molecule has 0 bridgehead atoms. The van der Waals surface area contributed by atoms with E-state index < -0.39 is 41.5 Å². The van der Waals surface area contributed by atoms with Crippen LogP contribution >= 0.6 is 0 Å². The van der Waals surface area contributed by atoms with Gasteiger partial charge in [-0.25, -0.2) is 0 Å². The number of rotatable bonds is 11. The molecule has 44 heavy (non-hydrogen) atoms. The van der Waals surface area contributed by atoms with Crippen LogP contribution in [0.15, 0.2) is 30.3 Å². The van der Waals surface area contributed by atoms with Crippen molar-refractivity contribution < 1.29 is 60.4 Å². The topological polar surface area (TPSA) is 106 Å². The Balaban J connectivity index is 0.000000698. The summed E-state index contributed by atoms with van der Waals surface area (Å²) in [5, 5.41) is 18.3. The van der Waals surface area contributed by atoms with E-state index in [2.05, 4.69) is 48.9 Å². The van der Waals surface area contributed by atoms with Gasteiger partial charge in [0, 0.05) is 0 Å². The first-order valence-corrected chi connectivity index (χ1v) is 14.4. The quantitative estimate of drug-likeness (QED) is 0.150. The second-order valence-corrected chi connectivity index (χ2v) is 12.2. The molecule has 0 aliphatic carbocycles. The van der Waals surface area contributed by atoms with Crippen molar-refractivity contribution in [2.24, 2.45) is 10.8 Å². The Morgan fingerprint density at radius 3 is 1.73 bits per heavy atom. The third-order valence-electron chi connectivity index (χ3n) is 7.88. The SMILES string of the molecule is CCC(C)(C)C(=O)OCC1CO1.CCC(C)(CO)C(=O)OC(C)(C)C(O)(C(F)(F)F)C(F)(F)F.CCC(C)c1ccccc1. The number of hydrogen-bond acceptors (Lipinski definition) is 7. The zero-order chi connectivity index (χ0) is 34.8. The average Bonchev–Trinajstić information content (AvgIpc) is 3.78. The van der Waals surface area contributed by atoms with Crippen LogP contribution < -0.4 is 0 Å². The zero-order valence-corrected chi connectivity index (χ0v) is 27.0. The van der Waals surface area contributed by atoms with Gasteiger partial charge in [0.25, 0.3) is 5.60 Å². The fourth-order valence-electron chi connectivity index (χ4n) is 3.28. The van der Waals surface area contributed by atoms with Crippen molar-refractivity contribution in [2.45, 2.75) is 117 Å². The van der Waals surface area contributed by atoms with E-state index in [9.17, 15) is 41.0 Å². The molecule has 1 fully saturated rings. The molecule has 0 saturated carbocycles. The third kappa shape index (κ3) is 11.2. The molecule has 2 N–H and O–H groups in total. The lowest BCUT2D eigenvalue weighted by Gasteiger charge is -2.44. The Labute approximate surface area is 256 Å². The highest BCUT2D eigenvalue weighted by atomic mass is 19.4. The maximum atomic E-state index is 12.8. The summed E-state index contributed by atoms with van der Waals surface area (Å²) in [5.74, 6) is -0.892. The highest BCUT2D eigenvalue weighted by Crippen LogP contribution is 2.51. The van der Waals surface area contributed by atoms with Crippen molar-refractivity contribution in [1.82, 2.24) is 0 Å². The van der Waals surface area contributed by atoms with Gasteiger partial charge in [0.15, 0.2) is 5.60 Å². The van der Waals surface area contributed by atoms with E-state index in [4.69, 9.17) is 14.6 Å². The molecule has 1 aromatic carbocycles. The van der Waals surface area contributed by atoms with Crippen LogP contribution in [0.4, 0.5) is 26.3 Å². The van der Waals surface area contributed by atoms with Crippen molar-refractivity contribution in [3.8, 4) is 0 Å². The molecule has 1 heterocycles. The Bertz CT molecular complexity index is 1000. The van der Waals surface area contributed by atoms with Gasteiger partial charge < -0.3 is 24.4 Å². The van der Waals surface area contributed by atoms with Gasteiger partial charge in [-0.1, -0.05) is 58.0 Å². The van der Waals surface area contributed by atoms with Gasteiger partial charge in [0.1, 0.15) is 12.7 Å². The molecule has 2 rings (SSSR count). The number of ether oxygens (including phenoxy) is 3. The van der Waals surface area contributed by atoms with Crippen LogP contribution in [0.3, 0.4) is 0 Å². The fraction of sp³-hybridized carbons (Fsp3) is 0.742. The number of hydrogen-bond donors (Lipinski definition) is 2. The predicted octanol–water partition coefficient (Wildman–Crippen LogP) is 7.14. The maximum Gasteiger partial charge on any atom is 0.430 e. The number of carbonyl (C=O) groups is 2. The molecular weight excluding hydrogens is 598 g/mol. The van der Waals surface area contributed by atoms with Crippen molar-refractivity contribution in [3.63, 3.8) is 0 Å². The van der Waals surface area contributed by atoms with E-state index >= 15 is 0 Å². The van der Waals surface area contributed by atoms with Gasteiger partial charge in [-0.2, -0.15) is 26.3 Å². The second kappa shape index (κ2) is 16.3. The Kier molecular flexibility index (Phi) is 15.4. The zero-order valence-electron chi connectivity index (χ0n) is 27.0. The number of carbonyl (C=O) groups excluding carboxylic acids is 2. The molecule has 7 nitrogen and oxygen atoms in total. The highest BCUT2D eigenvalue weighted by Gasteiger charge is 2.78. The third-order valence-corrected chi connectivity index (χ3v) is 7.88. The lowest BCUT2D eigenvalue weighted by Crippen LogP contribution is -2.70. The molecule has 1 aliphatic heterocycles. The van der Waals surface area contributed by atoms with Gasteiger partial charge in [-0.05, 0) is 65.4 Å². The summed E-state index contributed by atoms with van der Waals surface area (Å²) in [4.78, 5) is 23.2. The largest absolute Gasteiger partial charge is 0.462 e. The lowest BCUT2D eigenvalue weighted by atomic mass is 9.82. The molecule has 13 heteroatoms. The standard InChI is InChI=1S/C12H18F6O4.C10H14.C9H16O3/c1-5-9(4,6-19)7(20)22-8(2,3)10(21,11(13,14)15)12(16,17)18;1-3-9(2)10-7-5-4-6-8-10;1-4-9(2,3)8(10)12-6-7-5-11-7/h19,21H,5-6H2,1-4H3;4-9H,3H2,1-2H3;7H,4-6H2,1-3H3. The number of aliphatic hydroxyl groups is 2. The van der Waals surface area contributed by atoms with Gasteiger partial charge in [-0.3, -0.25) is 9.59 Å². The number of halogens is 6. The summed E-state index contributed by atoms with van der Waals surface area (Å²) in [6, 6.07) is 10.6. The van der Waals surface area contributed by atoms with E-state index in [1.54, 1.807) is 0 Å². The van der Waals surface area contributed by atoms with Crippen LogP contribution in [0, 0.1) is 10.8 Å². The summed E-state index contributed by atoms with van der Waals surface area (Å²) in [6.45, 7) is 13.7. The second-order valence-electron chi connectivity index (χ2n) is 12.2. The van der Waals surface area contributed by atoms with Crippen LogP contribution in [0.25, 0.3) is 0 Å². The van der Waals surface area contributed by atoms with Crippen molar-refractivity contribution >= 4 is 11.9 Å². The minimum absolute atomic E-state index is 0.0884. The number of benzene rings is 1. The number of epoxide rings is 1. The maximum absolute atomic E-state index is 12.8. The van der Waals surface area contributed by atoms with E-state index in [-0.39, 0.29) is 23.9 Å². The smallest absolute Gasteiger partial charge is 0.430 e. The van der Waals surface area contributed by atoms with E-state index in [1.165, 1.54) is 18.9 Å². The molecule has 256 valence electrons. The summed E-state index contributed by atoms with van der Waals surface area (Å²) in [5.41, 5.74) is -9.20.